The standard InChI is InChI=1S/C22H23N3O3S/c1-28-18-4-2-3-15(11-18)12-21(27)25-8-5-16(6-9-25)22-23-19(13-20(26)24-22)17-7-10-29-14-17/h2-4,7,10-11,13-14,16H,5-6,8-9,12H2,1H3,(H,23,24,26). The van der Waals surface area contributed by atoms with E-state index in [1.54, 1.807) is 24.5 Å². The van der Waals surface area contributed by atoms with Gasteiger partial charge < -0.3 is 14.6 Å². The molecule has 1 saturated heterocycles. The van der Waals surface area contributed by atoms with Crippen molar-refractivity contribution in [3.8, 4) is 17.0 Å². The summed E-state index contributed by atoms with van der Waals surface area (Å²) in [6.07, 6.45) is 1.95. The number of H-pyrrole nitrogens is 1. The van der Waals surface area contributed by atoms with Crippen molar-refractivity contribution in [1.82, 2.24) is 14.9 Å². The van der Waals surface area contributed by atoms with Crippen LogP contribution in [-0.4, -0.2) is 41.0 Å². The molecule has 0 atom stereocenters. The highest BCUT2D eigenvalue weighted by Gasteiger charge is 2.25. The van der Waals surface area contributed by atoms with Crippen molar-refractivity contribution in [2.75, 3.05) is 20.2 Å². The zero-order chi connectivity index (χ0) is 20.2. The molecule has 1 N–H and O–H groups in total. The molecular weight excluding hydrogens is 386 g/mol. The number of aromatic nitrogens is 2. The second kappa shape index (κ2) is 8.61. The predicted octanol–water partition coefficient (Wildman–Crippen LogP) is 3.46. The van der Waals surface area contributed by atoms with Gasteiger partial charge in [0.15, 0.2) is 0 Å². The lowest BCUT2D eigenvalue weighted by Gasteiger charge is -2.31. The molecule has 0 spiro atoms. The molecule has 150 valence electrons. The molecule has 0 saturated carbocycles. The second-order valence-electron chi connectivity index (χ2n) is 7.21. The summed E-state index contributed by atoms with van der Waals surface area (Å²) < 4.78 is 5.23. The number of thiophene rings is 1. The Labute approximate surface area is 173 Å². The van der Waals surface area contributed by atoms with E-state index in [-0.39, 0.29) is 17.4 Å². The van der Waals surface area contributed by atoms with E-state index in [1.807, 2.05) is 46.0 Å². The number of carbonyl (C=O) groups is 1. The van der Waals surface area contributed by atoms with Crippen LogP contribution in [0.4, 0.5) is 0 Å². The second-order valence-corrected chi connectivity index (χ2v) is 7.99. The number of rotatable bonds is 5. The highest BCUT2D eigenvalue weighted by atomic mass is 32.1. The number of aromatic amines is 1. The van der Waals surface area contributed by atoms with Crippen molar-refractivity contribution in [2.45, 2.75) is 25.2 Å². The van der Waals surface area contributed by atoms with E-state index in [0.717, 1.165) is 35.5 Å². The van der Waals surface area contributed by atoms with E-state index in [0.29, 0.717) is 25.2 Å². The van der Waals surface area contributed by atoms with Gasteiger partial charge >= 0.3 is 0 Å². The number of nitrogens with one attached hydrogen (secondary N) is 1. The van der Waals surface area contributed by atoms with Crippen LogP contribution in [0.15, 0.2) is 52.0 Å². The van der Waals surface area contributed by atoms with E-state index in [1.165, 1.54) is 0 Å². The summed E-state index contributed by atoms with van der Waals surface area (Å²) in [5.74, 6) is 1.75. The fraction of sp³-hybridized carbons (Fsp3) is 0.318. The number of likely N-dealkylation sites (tertiary alicyclic amines) is 1. The van der Waals surface area contributed by atoms with Gasteiger partial charge in [-0.15, -0.1) is 0 Å². The van der Waals surface area contributed by atoms with Gasteiger partial charge in [-0.05, 0) is 42.0 Å². The van der Waals surface area contributed by atoms with Crippen LogP contribution in [0.5, 0.6) is 5.75 Å². The van der Waals surface area contributed by atoms with E-state index < -0.39 is 0 Å². The third-order valence-corrected chi connectivity index (χ3v) is 5.98. The Kier molecular flexibility index (Phi) is 5.76. The average Bonchev–Trinajstić information content (AvgIpc) is 3.28. The van der Waals surface area contributed by atoms with E-state index in [2.05, 4.69) is 4.98 Å². The van der Waals surface area contributed by atoms with Crippen LogP contribution in [0.2, 0.25) is 0 Å². The molecule has 7 heteroatoms. The number of methoxy groups -OCH3 is 1. The van der Waals surface area contributed by atoms with E-state index in [9.17, 15) is 9.59 Å². The molecule has 1 aliphatic heterocycles. The van der Waals surface area contributed by atoms with E-state index in [4.69, 9.17) is 9.72 Å². The summed E-state index contributed by atoms with van der Waals surface area (Å²) in [6.45, 7) is 1.33. The molecule has 6 nitrogen and oxygen atoms in total. The number of benzene rings is 1. The molecule has 3 heterocycles. The Balaban J connectivity index is 1.40. The minimum absolute atomic E-state index is 0.116. The molecule has 0 aliphatic carbocycles. The quantitative estimate of drug-likeness (QED) is 0.700. The Morgan fingerprint density at radius 2 is 2.10 bits per heavy atom. The summed E-state index contributed by atoms with van der Waals surface area (Å²) >= 11 is 1.58. The number of nitrogens with zero attached hydrogens (tertiary/aromatic N) is 2. The maximum absolute atomic E-state index is 12.7. The Hall–Kier alpha value is -2.93. The molecule has 1 aromatic carbocycles. The monoisotopic (exact) mass is 409 g/mol. The molecule has 0 radical (unpaired) electrons. The molecule has 2 aromatic heterocycles. The lowest BCUT2D eigenvalue weighted by molar-refractivity contribution is -0.131. The summed E-state index contributed by atoms with van der Waals surface area (Å²) in [7, 11) is 1.62. The van der Waals surface area contributed by atoms with Gasteiger partial charge in [-0.25, -0.2) is 4.98 Å². The Morgan fingerprint density at radius 1 is 1.28 bits per heavy atom. The van der Waals surface area contributed by atoms with Gasteiger partial charge in [0.25, 0.3) is 5.56 Å². The number of hydrogen-bond acceptors (Lipinski definition) is 5. The van der Waals surface area contributed by atoms with Gasteiger partial charge in [0.2, 0.25) is 5.91 Å². The van der Waals surface area contributed by atoms with Crippen LogP contribution in [0.3, 0.4) is 0 Å². The van der Waals surface area contributed by atoms with Gasteiger partial charge in [0.1, 0.15) is 11.6 Å². The summed E-state index contributed by atoms with van der Waals surface area (Å²) in [5.41, 5.74) is 2.49. The molecule has 1 fully saturated rings. The maximum atomic E-state index is 12.7. The number of ether oxygens (including phenoxy) is 1. The third kappa shape index (κ3) is 4.56. The van der Waals surface area contributed by atoms with Crippen molar-refractivity contribution in [3.63, 3.8) is 0 Å². The topological polar surface area (TPSA) is 75.3 Å². The van der Waals surface area contributed by atoms with Crippen LogP contribution < -0.4 is 10.3 Å². The minimum Gasteiger partial charge on any atom is -0.497 e. The van der Waals surface area contributed by atoms with Gasteiger partial charge in [-0.1, -0.05) is 12.1 Å². The van der Waals surface area contributed by atoms with Gasteiger partial charge in [0.05, 0.1) is 19.2 Å². The Bertz CT molecular complexity index is 1040. The van der Waals surface area contributed by atoms with Crippen LogP contribution in [-0.2, 0) is 11.2 Å². The molecular formula is C22H23N3O3S. The number of carbonyl (C=O) groups excluding carboxylic acids is 1. The first-order chi connectivity index (χ1) is 14.1. The normalized spacial score (nSPS) is 14.7. The van der Waals surface area contributed by atoms with Crippen LogP contribution in [0.1, 0.15) is 30.1 Å². The maximum Gasteiger partial charge on any atom is 0.251 e. The SMILES string of the molecule is COc1cccc(CC(=O)N2CCC(c3nc(-c4ccsc4)cc(=O)[nH]3)CC2)c1. The van der Waals surface area contributed by atoms with Crippen molar-refractivity contribution in [1.29, 1.82) is 0 Å². The van der Waals surface area contributed by atoms with Crippen LogP contribution in [0.25, 0.3) is 11.3 Å². The number of piperidine rings is 1. The van der Waals surface area contributed by atoms with Crippen molar-refractivity contribution >= 4 is 17.2 Å². The van der Waals surface area contributed by atoms with E-state index >= 15 is 0 Å². The third-order valence-electron chi connectivity index (χ3n) is 5.30. The van der Waals surface area contributed by atoms with Crippen molar-refractivity contribution in [3.05, 3.63) is 68.9 Å². The first-order valence-electron chi connectivity index (χ1n) is 9.67. The first-order valence-corrected chi connectivity index (χ1v) is 10.6. The zero-order valence-corrected chi connectivity index (χ0v) is 17.1. The van der Waals surface area contributed by atoms with Gasteiger partial charge in [-0.3, -0.25) is 9.59 Å². The fourth-order valence-corrected chi connectivity index (χ4v) is 4.35. The lowest BCUT2D eigenvalue weighted by Crippen LogP contribution is -2.39. The van der Waals surface area contributed by atoms with Gasteiger partial charge in [-0.2, -0.15) is 11.3 Å². The van der Waals surface area contributed by atoms with Crippen LogP contribution >= 0.6 is 11.3 Å². The smallest absolute Gasteiger partial charge is 0.251 e. The van der Waals surface area contributed by atoms with Crippen molar-refractivity contribution < 1.29 is 9.53 Å². The summed E-state index contributed by atoms with van der Waals surface area (Å²) in [6, 6.07) is 11.1. The summed E-state index contributed by atoms with van der Waals surface area (Å²) in [5, 5.41) is 3.97. The molecule has 1 amide bonds. The highest BCUT2D eigenvalue weighted by molar-refractivity contribution is 7.08. The van der Waals surface area contributed by atoms with Gasteiger partial charge in [0, 0.05) is 36.0 Å². The Morgan fingerprint density at radius 3 is 2.83 bits per heavy atom. The lowest BCUT2D eigenvalue weighted by atomic mass is 9.95. The van der Waals surface area contributed by atoms with Crippen LogP contribution in [0, 0.1) is 0 Å². The fourth-order valence-electron chi connectivity index (χ4n) is 3.70. The minimum atomic E-state index is -0.132. The number of hydrogen-bond donors (Lipinski definition) is 1. The molecule has 29 heavy (non-hydrogen) atoms. The zero-order valence-electron chi connectivity index (χ0n) is 16.3. The summed E-state index contributed by atoms with van der Waals surface area (Å²) in [4.78, 5) is 34.3. The number of amides is 1. The van der Waals surface area contributed by atoms with Crippen molar-refractivity contribution in [2.24, 2.45) is 0 Å². The average molecular weight is 410 g/mol. The molecule has 3 aromatic rings. The molecule has 0 unspecified atom stereocenters. The molecule has 1 aliphatic rings. The molecule has 4 rings (SSSR count). The first kappa shape index (κ1) is 19.4. The largest absolute Gasteiger partial charge is 0.497 e. The highest BCUT2D eigenvalue weighted by Crippen LogP contribution is 2.27. The molecule has 0 bridgehead atoms. The predicted molar refractivity (Wildman–Crippen MR) is 113 cm³/mol.